The summed E-state index contributed by atoms with van der Waals surface area (Å²) in [5.74, 6) is 0. The van der Waals surface area contributed by atoms with E-state index in [0.29, 0.717) is 6.61 Å². The maximum Gasteiger partial charge on any atom is 0.114 e. The first-order valence-corrected chi connectivity index (χ1v) is 11.5. The van der Waals surface area contributed by atoms with Crippen LogP contribution in [0.25, 0.3) is 0 Å². The maximum absolute atomic E-state index is 9.94. The fourth-order valence-corrected chi connectivity index (χ4v) is 3.66. The highest BCUT2D eigenvalue weighted by Gasteiger charge is 2.39. The number of hydrogen-bond donors (Lipinski definition) is 3. The Kier molecular flexibility index (Phi) is 15.9. The van der Waals surface area contributed by atoms with Gasteiger partial charge in [0.25, 0.3) is 0 Å². The van der Waals surface area contributed by atoms with Crippen molar-refractivity contribution in [2.75, 3.05) is 19.8 Å². The highest BCUT2D eigenvalue weighted by atomic mass is 16.5. The average Bonchev–Trinajstić information content (AvgIpc) is 3.03. The first-order chi connectivity index (χ1) is 13.7. The Morgan fingerprint density at radius 3 is 1.93 bits per heavy atom. The molecule has 1 heterocycles. The van der Waals surface area contributed by atoms with Crippen LogP contribution in [0.3, 0.4) is 0 Å². The highest BCUT2D eigenvalue weighted by Crippen LogP contribution is 2.18. The van der Waals surface area contributed by atoms with Crippen molar-refractivity contribution in [3.63, 3.8) is 0 Å². The lowest BCUT2D eigenvalue weighted by atomic mass is 10.0. The van der Waals surface area contributed by atoms with Crippen molar-refractivity contribution in [3.8, 4) is 0 Å². The Balaban J connectivity index is 1.76. The number of allylic oxidation sites excluding steroid dienone is 2. The van der Waals surface area contributed by atoms with Crippen LogP contribution in [0, 0.1) is 0 Å². The van der Waals surface area contributed by atoms with Gasteiger partial charge in [0.1, 0.15) is 24.4 Å². The maximum atomic E-state index is 9.94. The summed E-state index contributed by atoms with van der Waals surface area (Å²) in [5, 5.41) is 29.0. The second kappa shape index (κ2) is 17.4. The molecule has 0 bridgehead atoms. The molecule has 1 aliphatic rings. The average molecular weight is 401 g/mol. The lowest BCUT2D eigenvalue weighted by molar-refractivity contribution is -0.0813. The van der Waals surface area contributed by atoms with Crippen molar-refractivity contribution in [1.82, 2.24) is 0 Å². The van der Waals surface area contributed by atoms with Crippen LogP contribution in [0.5, 0.6) is 0 Å². The van der Waals surface area contributed by atoms with Gasteiger partial charge >= 0.3 is 0 Å². The SMILES string of the molecule is C/C=C/CCCCCCCCCCCCCCOC[C@H](O)[C@H]1OC[C@@H](O)[C@H]1O. The van der Waals surface area contributed by atoms with Crippen LogP contribution in [0.15, 0.2) is 12.2 Å². The third kappa shape index (κ3) is 12.2. The van der Waals surface area contributed by atoms with Crippen molar-refractivity contribution in [2.45, 2.75) is 115 Å². The summed E-state index contributed by atoms with van der Waals surface area (Å²) in [6.07, 6.45) is 17.7. The Bertz CT molecular complexity index is 374. The molecule has 0 radical (unpaired) electrons. The summed E-state index contributed by atoms with van der Waals surface area (Å²) in [6, 6.07) is 0. The number of unbranched alkanes of at least 4 members (excludes halogenated alkanes) is 12. The van der Waals surface area contributed by atoms with Crippen molar-refractivity contribution >= 4 is 0 Å². The summed E-state index contributed by atoms with van der Waals surface area (Å²) in [5.41, 5.74) is 0. The minimum absolute atomic E-state index is 0.0692. The molecule has 5 nitrogen and oxygen atoms in total. The van der Waals surface area contributed by atoms with Crippen molar-refractivity contribution in [1.29, 1.82) is 0 Å². The van der Waals surface area contributed by atoms with E-state index in [1.807, 2.05) is 0 Å². The Hall–Kier alpha value is -0.460. The Morgan fingerprint density at radius 2 is 1.43 bits per heavy atom. The molecule has 1 fully saturated rings. The molecule has 0 aromatic rings. The Morgan fingerprint density at radius 1 is 0.893 bits per heavy atom. The molecule has 28 heavy (non-hydrogen) atoms. The molecular weight excluding hydrogens is 356 g/mol. The number of hydrogen-bond acceptors (Lipinski definition) is 5. The van der Waals surface area contributed by atoms with Crippen LogP contribution in [-0.2, 0) is 9.47 Å². The lowest BCUT2D eigenvalue weighted by Crippen LogP contribution is -2.40. The zero-order valence-corrected chi connectivity index (χ0v) is 17.9. The summed E-state index contributed by atoms with van der Waals surface area (Å²) in [7, 11) is 0. The normalized spacial score (nSPS) is 23.6. The van der Waals surface area contributed by atoms with E-state index in [4.69, 9.17) is 9.47 Å². The molecule has 0 spiro atoms. The number of aliphatic hydroxyl groups excluding tert-OH is 3. The van der Waals surface area contributed by atoms with Crippen LogP contribution >= 0.6 is 0 Å². The number of aliphatic hydroxyl groups is 3. The van der Waals surface area contributed by atoms with Crippen molar-refractivity contribution < 1.29 is 24.8 Å². The van der Waals surface area contributed by atoms with Gasteiger partial charge in [-0.3, -0.25) is 0 Å². The number of ether oxygens (including phenoxy) is 2. The molecule has 1 rings (SSSR count). The second-order valence-corrected chi connectivity index (χ2v) is 8.10. The van der Waals surface area contributed by atoms with Gasteiger partial charge in [0, 0.05) is 6.61 Å². The van der Waals surface area contributed by atoms with E-state index in [1.54, 1.807) is 0 Å². The zero-order valence-electron chi connectivity index (χ0n) is 17.9. The van der Waals surface area contributed by atoms with Gasteiger partial charge in [-0.25, -0.2) is 0 Å². The highest BCUT2D eigenvalue weighted by molar-refractivity contribution is 4.87. The monoisotopic (exact) mass is 400 g/mol. The van der Waals surface area contributed by atoms with Gasteiger partial charge in [-0.2, -0.15) is 0 Å². The predicted octanol–water partition coefficient (Wildman–Crippen LogP) is 4.13. The van der Waals surface area contributed by atoms with Crippen LogP contribution in [-0.4, -0.2) is 59.6 Å². The van der Waals surface area contributed by atoms with Gasteiger partial charge in [0.15, 0.2) is 0 Å². The van der Waals surface area contributed by atoms with E-state index in [-0.39, 0.29) is 13.2 Å². The summed E-state index contributed by atoms with van der Waals surface area (Å²) in [4.78, 5) is 0. The topological polar surface area (TPSA) is 79.2 Å². The van der Waals surface area contributed by atoms with E-state index >= 15 is 0 Å². The van der Waals surface area contributed by atoms with E-state index in [9.17, 15) is 15.3 Å². The first kappa shape index (κ1) is 25.6. The van der Waals surface area contributed by atoms with Crippen LogP contribution in [0.1, 0.15) is 90.4 Å². The predicted molar refractivity (Wildman–Crippen MR) is 113 cm³/mol. The van der Waals surface area contributed by atoms with Crippen LogP contribution in [0.4, 0.5) is 0 Å². The fourth-order valence-electron chi connectivity index (χ4n) is 3.66. The van der Waals surface area contributed by atoms with Gasteiger partial charge in [0.2, 0.25) is 0 Å². The van der Waals surface area contributed by atoms with Crippen LogP contribution in [0.2, 0.25) is 0 Å². The molecule has 4 atom stereocenters. The second-order valence-electron chi connectivity index (χ2n) is 8.10. The third-order valence-electron chi connectivity index (χ3n) is 5.50. The van der Waals surface area contributed by atoms with Gasteiger partial charge < -0.3 is 24.8 Å². The molecule has 0 amide bonds. The Labute approximate surface area is 172 Å². The molecule has 0 saturated carbocycles. The third-order valence-corrected chi connectivity index (χ3v) is 5.50. The first-order valence-electron chi connectivity index (χ1n) is 11.5. The standard InChI is InChI=1S/C23H44O5/c1-2-3-4-5-6-7-8-9-10-11-12-13-14-15-16-17-27-18-21(25)23-22(26)20(24)19-28-23/h2-3,20-26H,4-19H2,1H3/b3-2+/t20-,21+,22-,23-/m1/s1. The molecule has 1 saturated heterocycles. The van der Waals surface area contributed by atoms with Gasteiger partial charge in [-0.05, 0) is 26.2 Å². The van der Waals surface area contributed by atoms with E-state index in [0.717, 1.165) is 12.8 Å². The minimum atomic E-state index is -1.03. The quantitative estimate of drug-likeness (QED) is 0.238. The molecule has 1 aliphatic heterocycles. The summed E-state index contributed by atoms with van der Waals surface area (Å²) >= 11 is 0. The largest absolute Gasteiger partial charge is 0.388 e. The molecule has 0 aromatic heterocycles. The molecule has 0 aromatic carbocycles. The van der Waals surface area contributed by atoms with Gasteiger partial charge in [0.05, 0.1) is 13.2 Å². The smallest absolute Gasteiger partial charge is 0.114 e. The van der Waals surface area contributed by atoms with Crippen LogP contribution < -0.4 is 0 Å². The van der Waals surface area contributed by atoms with E-state index < -0.39 is 24.4 Å². The fraction of sp³-hybridized carbons (Fsp3) is 0.913. The van der Waals surface area contributed by atoms with Gasteiger partial charge in [-0.15, -0.1) is 0 Å². The molecule has 166 valence electrons. The zero-order chi connectivity index (χ0) is 20.5. The van der Waals surface area contributed by atoms with E-state index in [2.05, 4.69) is 19.1 Å². The molecule has 5 heteroatoms. The van der Waals surface area contributed by atoms with E-state index in [1.165, 1.54) is 70.6 Å². The molecular formula is C23H44O5. The molecule has 0 aliphatic carbocycles. The lowest BCUT2D eigenvalue weighted by Gasteiger charge is -2.20. The summed E-state index contributed by atoms with van der Waals surface area (Å²) in [6.45, 7) is 2.92. The molecule has 0 unspecified atom stereocenters. The molecule has 3 N–H and O–H groups in total. The number of rotatable bonds is 18. The van der Waals surface area contributed by atoms with Crippen molar-refractivity contribution in [3.05, 3.63) is 12.2 Å². The summed E-state index contributed by atoms with van der Waals surface area (Å²) < 4.78 is 10.7. The minimum Gasteiger partial charge on any atom is -0.388 e. The van der Waals surface area contributed by atoms with Gasteiger partial charge in [-0.1, -0.05) is 76.4 Å². The van der Waals surface area contributed by atoms with Crippen molar-refractivity contribution in [2.24, 2.45) is 0 Å².